The molecule has 0 radical (unpaired) electrons. The van der Waals surface area contributed by atoms with Gasteiger partial charge in [0.15, 0.2) is 0 Å². The van der Waals surface area contributed by atoms with Crippen molar-refractivity contribution in [2.75, 3.05) is 0 Å². The summed E-state index contributed by atoms with van der Waals surface area (Å²) in [6, 6.07) is 10.6. The highest BCUT2D eigenvalue weighted by molar-refractivity contribution is 9.10. The van der Waals surface area contributed by atoms with E-state index in [4.69, 9.17) is 4.74 Å². The predicted octanol–water partition coefficient (Wildman–Crippen LogP) is 3.56. The maximum absolute atomic E-state index is 12.8. The first kappa shape index (κ1) is 11.1. The van der Waals surface area contributed by atoms with Crippen molar-refractivity contribution in [3.63, 3.8) is 0 Å². The Balaban J connectivity index is 2.05. The Labute approximate surface area is 101 Å². The van der Waals surface area contributed by atoms with Crippen LogP contribution in [0.5, 0.6) is 5.75 Å². The van der Waals surface area contributed by atoms with Crippen LogP contribution in [0.25, 0.3) is 0 Å². The number of rotatable bonds is 3. The van der Waals surface area contributed by atoms with Gasteiger partial charge in [0, 0.05) is 22.3 Å². The molecule has 1 aromatic carbocycles. The molecule has 0 unspecified atom stereocenters. The maximum atomic E-state index is 12.8. The quantitative estimate of drug-likeness (QED) is 0.803. The molecule has 2 aromatic rings. The van der Waals surface area contributed by atoms with Crippen LogP contribution in [0.15, 0.2) is 47.1 Å². The van der Waals surface area contributed by atoms with Gasteiger partial charge in [0.05, 0.1) is 0 Å². The largest absolute Gasteiger partial charge is 0.489 e. The van der Waals surface area contributed by atoms with E-state index in [1.165, 1.54) is 12.3 Å². The smallest absolute Gasteiger partial charge is 0.216 e. The highest BCUT2D eigenvalue weighted by Crippen LogP contribution is 2.18. The third kappa shape index (κ3) is 2.79. The minimum Gasteiger partial charge on any atom is -0.489 e. The zero-order chi connectivity index (χ0) is 11.4. The second kappa shape index (κ2) is 5.07. The van der Waals surface area contributed by atoms with Gasteiger partial charge in [-0.1, -0.05) is 34.1 Å². The van der Waals surface area contributed by atoms with Crippen molar-refractivity contribution in [1.82, 2.24) is 4.98 Å². The highest BCUT2D eigenvalue weighted by atomic mass is 79.9. The van der Waals surface area contributed by atoms with Crippen LogP contribution < -0.4 is 4.74 Å². The van der Waals surface area contributed by atoms with Crippen molar-refractivity contribution in [3.05, 3.63) is 58.6 Å². The van der Waals surface area contributed by atoms with Gasteiger partial charge >= 0.3 is 0 Å². The summed E-state index contributed by atoms with van der Waals surface area (Å²) in [4.78, 5) is 3.46. The van der Waals surface area contributed by atoms with E-state index in [0.717, 1.165) is 10.0 Å². The van der Waals surface area contributed by atoms with Gasteiger partial charge < -0.3 is 4.74 Å². The van der Waals surface area contributed by atoms with Gasteiger partial charge in [-0.05, 0) is 12.1 Å². The molecule has 2 rings (SSSR count). The van der Waals surface area contributed by atoms with Gasteiger partial charge in [0.25, 0.3) is 0 Å². The number of benzene rings is 1. The fourth-order valence-electron chi connectivity index (χ4n) is 1.25. The number of hydrogen-bond acceptors (Lipinski definition) is 2. The fraction of sp³-hybridized carbons (Fsp3) is 0.0833. The lowest BCUT2D eigenvalue weighted by atomic mass is 10.2. The van der Waals surface area contributed by atoms with Gasteiger partial charge in [-0.25, -0.2) is 4.98 Å². The number of hydrogen-bond donors (Lipinski definition) is 0. The second-order valence-corrected chi connectivity index (χ2v) is 4.05. The molecule has 0 saturated heterocycles. The molecule has 4 heteroatoms. The van der Waals surface area contributed by atoms with Crippen LogP contribution in [0, 0.1) is 5.95 Å². The number of ether oxygens (including phenoxy) is 1. The standard InChI is InChI=1S/C12H9BrFNO/c13-11-4-2-1-3-9(11)8-16-10-5-6-15-12(14)7-10/h1-7H,8H2. The molecule has 0 atom stereocenters. The number of nitrogens with zero attached hydrogens (tertiary/aromatic N) is 1. The van der Waals surface area contributed by atoms with Crippen LogP contribution in [0.2, 0.25) is 0 Å². The SMILES string of the molecule is Fc1cc(OCc2ccccc2Br)ccn1. The number of halogens is 2. The van der Waals surface area contributed by atoms with Crippen molar-refractivity contribution in [2.45, 2.75) is 6.61 Å². The van der Waals surface area contributed by atoms with Gasteiger partial charge in [0.1, 0.15) is 12.4 Å². The summed E-state index contributed by atoms with van der Waals surface area (Å²) in [5, 5.41) is 0. The average Bonchev–Trinajstić information content (AvgIpc) is 2.28. The van der Waals surface area contributed by atoms with Crippen LogP contribution in [0.3, 0.4) is 0 Å². The average molecular weight is 282 g/mol. The minimum absolute atomic E-state index is 0.394. The van der Waals surface area contributed by atoms with E-state index in [-0.39, 0.29) is 0 Å². The van der Waals surface area contributed by atoms with Gasteiger partial charge in [-0.3, -0.25) is 0 Å². The van der Waals surface area contributed by atoms with E-state index in [1.807, 2.05) is 24.3 Å². The van der Waals surface area contributed by atoms with E-state index >= 15 is 0 Å². The summed E-state index contributed by atoms with van der Waals surface area (Å²) < 4.78 is 19.2. The molecule has 2 nitrogen and oxygen atoms in total. The minimum atomic E-state index is -0.537. The van der Waals surface area contributed by atoms with E-state index in [9.17, 15) is 4.39 Å². The first-order valence-corrected chi connectivity index (χ1v) is 5.53. The summed E-state index contributed by atoms with van der Waals surface area (Å²) in [7, 11) is 0. The summed E-state index contributed by atoms with van der Waals surface area (Å²) in [5.41, 5.74) is 1.01. The third-order valence-electron chi connectivity index (χ3n) is 2.05. The monoisotopic (exact) mass is 281 g/mol. The Bertz CT molecular complexity index is 490. The summed E-state index contributed by atoms with van der Waals surface area (Å²) in [5.74, 6) is -0.0621. The van der Waals surface area contributed by atoms with E-state index in [2.05, 4.69) is 20.9 Å². The molecular formula is C12H9BrFNO. The van der Waals surface area contributed by atoms with E-state index in [0.29, 0.717) is 12.4 Å². The highest BCUT2D eigenvalue weighted by Gasteiger charge is 2.01. The van der Waals surface area contributed by atoms with Gasteiger partial charge in [-0.2, -0.15) is 4.39 Å². The molecule has 16 heavy (non-hydrogen) atoms. The zero-order valence-electron chi connectivity index (χ0n) is 8.36. The lowest BCUT2D eigenvalue weighted by molar-refractivity contribution is 0.303. The molecule has 1 heterocycles. The Hall–Kier alpha value is -1.42. The maximum Gasteiger partial charge on any atom is 0.216 e. The molecule has 0 amide bonds. The molecule has 0 fully saturated rings. The van der Waals surface area contributed by atoms with Crippen molar-refractivity contribution in [2.24, 2.45) is 0 Å². The molecule has 1 aromatic heterocycles. The van der Waals surface area contributed by atoms with Gasteiger partial charge in [-0.15, -0.1) is 0 Å². The molecule has 82 valence electrons. The summed E-state index contributed by atoms with van der Waals surface area (Å²) in [6.45, 7) is 0.394. The lowest BCUT2D eigenvalue weighted by Gasteiger charge is -2.07. The van der Waals surface area contributed by atoms with Gasteiger partial charge in [0.2, 0.25) is 5.95 Å². The van der Waals surface area contributed by atoms with Crippen molar-refractivity contribution >= 4 is 15.9 Å². The van der Waals surface area contributed by atoms with Crippen LogP contribution in [-0.2, 0) is 6.61 Å². The Kier molecular flexibility index (Phi) is 3.51. The van der Waals surface area contributed by atoms with Crippen molar-refractivity contribution in [1.29, 1.82) is 0 Å². The fourth-order valence-corrected chi connectivity index (χ4v) is 1.65. The Morgan fingerprint density at radius 2 is 2.06 bits per heavy atom. The Morgan fingerprint density at radius 3 is 2.81 bits per heavy atom. The van der Waals surface area contributed by atoms with E-state index in [1.54, 1.807) is 6.07 Å². The predicted molar refractivity (Wildman–Crippen MR) is 62.7 cm³/mol. The van der Waals surface area contributed by atoms with Crippen LogP contribution in [-0.4, -0.2) is 4.98 Å². The first-order chi connectivity index (χ1) is 7.75. The molecule has 0 bridgehead atoms. The number of pyridine rings is 1. The number of aromatic nitrogens is 1. The van der Waals surface area contributed by atoms with Crippen LogP contribution in [0.1, 0.15) is 5.56 Å². The van der Waals surface area contributed by atoms with Crippen LogP contribution >= 0.6 is 15.9 Å². The first-order valence-electron chi connectivity index (χ1n) is 4.73. The second-order valence-electron chi connectivity index (χ2n) is 3.19. The molecule has 0 spiro atoms. The van der Waals surface area contributed by atoms with Crippen LogP contribution in [0.4, 0.5) is 4.39 Å². The topological polar surface area (TPSA) is 22.1 Å². The molecule has 0 saturated carbocycles. The molecular weight excluding hydrogens is 273 g/mol. The molecule has 0 N–H and O–H groups in total. The zero-order valence-corrected chi connectivity index (χ0v) is 9.95. The molecule has 0 aliphatic carbocycles. The van der Waals surface area contributed by atoms with E-state index < -0.39 is 5.95 Å². The third-order valence-corrected chi connectivity index (χ3v) is 2.82. The lowest BCUT2D eigenvalue weighted by Crippen LogP contribution is -1.97. The summed E-state index contributed by atoms with van der Waals surface area (Å²) in [6.07, 6.45) is 1.38. The molecule has 0 aliphatic heterocycles. The normalized spacial score (nSPS) is 10.1. The Morgan fingerprint density at radius 1 is 1.25 bits per heavy atom. The molecule has 0 aliphatic rings. The van der Waals surface area contributed by atoms with Crippen molar-refractivity contribution in [3.8, 4) is 5.75 Å². The van der Waals surface area contributed by atoms with Crippen molar-refractivity contribution < 1.29 is 9.13 Å². The summed E-state index contributed by atoms with van der Waals surface area (Å²) >= 11 is 3.42.